The molecule has 1 rings (SSSR count). The van der Waals surface area contributed by atoms with Crippen molar-refractivity contribution in [2.75, 3.05) is 17.7 Å². The highest BCUT2D eigenvalue weighted by molar-refractivity contribution is 5.57. The Morgan fingerprint density at radius 3 is 2.27 bits per heavy atom. The van der Waals surface area contributed by atoms with Crippen molar-refractivity contribution in [3.05, 3.63) is 11.4 Å². The Morgan fingerprint density at radius 1 is 1.20 bits per heavy atom. The lowest BCUT2D eigenvalue weighted by Crippen LogP contribution is -2.15. The Labute approximate surface area is 91.5 Å². The van der Waals surface area contributed by atoms with E-state index < -0.39 is 0 Å². The minimum Gasteiger partial charge on any atom is -0.373 e. The van der Waals surface area contributed by atoms with Crippen LogP contribution in [-0.2, 0) is 6.42 Å². The summed E-state index contributed by atoms with van der Waals surface area (Å²) in [7, 11) is 1.88. The number of hydrogen-bond acceptors (Lipinski definition) is 4. The summed E-state index contributed by atoms with van der Waals surface area (Å²) >= 11 is 0. The third kappa shape index (κ3) is 2.81. The third-order valence-electron chi connectivity index (χ3n) is 2.17. The van der Waals surface area contributed by atoms with Crippen LogP contribution in [0.3, 0.4) is 0 Å². The zero-order chi connectivity index (χ0) is 11.4. The fraction of sp³-hybridized carbons (Fsp3) is 0.636. The summed E-state index contributed by atoms with van der Waals surface area (Å²) in [6, 6.07) is 0.382. The van der Waals surface area contributed by atoms with E-state index >= 15 is 0 Å². The predicted octanol–water partition coefficient (Wildman–Crippen LogP) is 2.21. The molecule has 0 unspecified atom stereocenters. The average molecular weight is 208 g/mol. The second kappa shape index (κ2) is 4.96. The molecule has 0 aromatic carbocycles. The van der Waals surface area contributed by atoms with E-state index in [9.17, 15) is 0 Å². The number of nitrogens with one attached hydrogen (secondary N) is 2. The number of nitrogens with zero attached hydrogens (tertiary/aromatic N) is 2. The number of hydrogen-bond donors (Lipinski definition) is 2. The molecule has 0 bridgehead atoms. The number of rotatable bonds is 4. The first kappa shape index (κ1) is 11.8. The second-order valence-corrected chi connectivity index (χ2v) is 3.86. The molecule has 1 aromatic heterocycles. The molecule has 0 aliphatic carbocycles. The first-order valence-electron chi connectivity index (χ1n) is 5.40. The van der Waals surface area contributed by atoms with E-state index in [1.807, 2.05) is 14.0 Å². The van der Waals surface area contributed by atoms with Crippen LogP contribution in [0.4, 0.5) is 11.6 Å². The van der Waals surface area contributed by atoms with E-state index in [1.165, 1.54) is 0 Å². The number of anilines is 2. The van der Waals surface area contributed by atoms with Crippen LogP contribution in [0.25, 0.3) is 0 Å². The Morgan fingerprint density at radius 2 is 1.80 bits per heavy atom. The standard InChI is InChI=1S/C11H20N4/c1-6-9-14-10(12-5)8(4)11(15-9)13-7(2)3/h7H,6H2,1-5H3,(H2,12,13,14,15). The van der Waals surface area contributed by atoms with E-state index in [0.717, 1.165) is 29.4 Å². The van der Waals surface area contributed by atoms with Crippen LogP contribution < -0.4 is 10.6 Å². The van der Waals surface area contributed by atoms with Gasteiger partial charge in [0.2, 0.25) is 0 Å². The highest BCUT2D eigenvalue weighted by Gasteiger charge is 2.09. The molecule has 0 aliphatic rings. The largest absolute Gasteiger partial charge is 0.373 e. The summed E-state index contributed by atoms with van der Waals surface area (Å²) in [6.07, 6.45) is 0.849. The normalized spacial score (nSPS) is 10.5. The van der Waals surface area contributed by atoms with Gasteiger partial charge in [0, 0.05) is 25.1 Å². The summed E-state index contributed by atoms with van der Waals surface area (Å²) in [4.78, 5) is 8.89. The van der Waals surface area contributed by atoms with Crippen LogP contribution >= 0.6 is 0 Å². The molecule has 0 amide bonds. The molecule has 0 spiro atoms. The van der Waals surface area contributed by atoms with Gasteiger partial charge in [-0.3, -0.25) is 0 Å². The molecule has 1 heterocycles. The van der Waals surface area contributed by atoms with Crippen LogP contribution in [0.1, 0.15) is 32.2 Å². The summed E-state index contributed by atoms with van der Waals surface area (Å²) in [5, 5.41) is 6.42. The molecule has 4 nitrogen and oxygen atoms in total. The predicted molar refractivity (Wildman–Crippen MR) is 64.5 cm³/mol. The molecular weight excluding hydrogens is 188 g/mol. The van der Waals surface area contributed by atoms with Crippen LogP contribution in [-0.4, -0.2) is 23.1 Å². The molecule has 2 N–H and O–H groups in total. The van der Waals surface area contributed by atoms with Crippen molar-refractivity contribution in [2.24, 2.45) is 0 Å². The fourth-order valence-corrected chi connectivity index (χ4v) is 1.38. The molecule has 0 saturated heterocycles. The zero-order valence-electron chi connectivity index (χ0n) is 10.2. The Balaban J connectivity index is 3.12. The Bertz CT molecular complexity index is 334. The molecule has 0 saturated carbocycles. The first-order chi connectivity index (χ1) is 7.08. The number of aromatic nitrogens is 2. The molecule has 84 valence electrons. The Kier molecular flexibility index (Phi) is 3.88. The first-order valence-corrected chi connectivity index (χ1v) is 5.40. The van der Waals surface area contributed by atoms with Crippen LogP contribution in [0.5, 0.6) is 0 Å². The van der Waals surface area contributed by atoms with E-state index in [0.29, 0.717) is 6.04 Å². The van der Waals surface area contributed by atoms with E-state index in [-0.39, 0.29) is 0 Å². The summed E-state index contributed by atoms with van der Waals surface area (Å²) in [5.74, 6) is 2.71. The summed E-state index contributed by atoms with van der Waals surface area (Å²) in [6.45, 7) is 8.29. The lowest BCUT2D eigenvalue weighted by molar-refractivity contribution is 0.863. The third-order valence-corrected chi connectivity index (χ3v) is 2.17. The van der Waals surface area contributed by atoms with Crippen LogP contribution in [0.15, 0.2) is 0 Å². The van der Waals surface area contributed by atoms with Crippen molar-refractivity contribution < 1.29 is 0 Å². The number of aryl methyl sites for hydroxylation is 1. The van der Waals surface area contributed by atoms with Gasteiger partial charge in [-0.2, -0.15) is 0 Å². The maximum atomic E-state index is 4.48. The minimum absolute atomic E-state index is 0.382. The van der Waals surface area contributed by atoms with Crippen molar-refractivity contribution in [1.82, 2.24) is 9.97 Å². The maximum Gasteiger partial charge on any atom is 0.134 e. The van der Waals surface area contributed by atoms with Gasteiger partial charge in [0.15, 0.2) is 0 Å². The Hall–Kier alpha value is -1.32. The van der Waals surface area contributed by atoms with Crippen molar-refractivity contribution in [3.8, 4) is 0 Å². The van der Waals surface area contributed by atoms with Gasteiger partial charge in [-0.05, 0) is 20.8 Å². The molecule has 1 aromatic rings. The molecular formula is C11H20N4. The average Bonchev–Trinajstić information content (AvgIpc) is 2.20. The summed E-state index contributed by atoms with van der Waals surface area (Å²) in [5.41, 5.74) is 1.07. The van der Waals surface area contributed by atoms with Gasteiger partial charge in [0.1, 0.15) is 17.5 Å². The quantitative estimate of drug-likeness (QED) is 0.796. The highest BCUT2D eigenvalue weighted by atomic mass is 15.1. The van der Waals surface area contributed by atoms with Gasteiger partial charge >= 0.3 is 0 Å². The molecule has 0 aliphatic heterocycles. The topological polar surface area (TPSA) is 49.8 Å². The van der Waals surface area contributed by atoms with Gasteiger partial charge in [-0.15, -0.1) is 0 Å². The molecule has 0 atom stereocenters. The van der Waals surface area contributed by atoms with Crippen molar-refractivity contribution in [1.29, 1.82) is 0 Å². The zero-order valence-corrected chi connectivity index (χ0v) is 10.2. The smallest absolute Gasteiger partial charge is 0.134 e. The maximum absolute atomic E-state index is 4.48. The molecule has 15 heavy (non-hydrogen) atoms. The molecule has 0 fully saturated rings. The van der Waals surface area contributed by atoms with Gasteiger partial charge in [0.05, 0.1) is 0 Å². The molecule has 0 radical (unpaired) electrons. The van der Waals surface area contributed by atoms with Crippen LogP contribution in [0.2, 0.25) is 0 Å². The van der Waals surface area contributed by atoms with Crippen molar-refractivity contribution >= 4 is 11.6 Å². The van der Waals surface area contributed by atoms with E-state index in [2.05, 4.69) is 41.4 Å². The van der Waals surface area contributed by atoms with Gasteiger partial charge in [-0.1, -0.05) is 6.92 Å². The lowest BCUT2D eigenvalue weighted by atomic mass is 10.2. The molecule has 4 heteroatoms. The lowest BCUT2D eigenvalue weighted by Gasteiger charge is -2.15. The second-order valence-electron chi connectivity index (χ2n) is 3.86. The minimum atomic E-state index is 0.382. The van der Waals surface area contributed by atoms with E-state index in [4.69, 9.17) is 0 Å². The highest BCUT2D eigenvalue weighted by Crippen LogP contribution is 2.20. The van der Waals surface area contributed by atoms with Crippen molar-refractivity contribution in [3.63, 3.8) is 0 Å². The van der Waals surface area contributed by atoms with Gasteiger partial charge < -0.3 is 10.6 Å². The monoisotopic (exact) mass is 208 g/mol. The van der Waals surface area contributed by atoms with Crippen molar-refractivity contribution in [2.45, 2.75) is 40.2 Å². The van der Waals surface area contributed by atoms with E-state index in [1.54, 1.807) is 0 Å². The SMILES string of the molecule is CCc1nc(NC)c(C)c(NC(C)C)n1. The van der Waals surface area contributed by atoms with Gasteiger partial charge in [0.25, 0.3) is 0 Å². The van der Waals surface area contributed by atoms with Crippen LogP contribution in [0, 0.1) is 6.92 Å². The fourth-order valence-electron chi connectivity index (χ4n) is 1.38. The van der Waals surface area contributed by atoms with Gasteiger partial charge in [-0.25, -0.2) is 9.97 Å². The summed E-state index contributed by atoms with van der Waals surface area (Å²) < 4.78 is 0.